The zero-order valence-electron chi connectivity index (χ0n) is 10.5. The van der Waals surface area contributed by atoms with Crippen LogP contribution in [0.25, 0.3) is 11.3 Å². The van der Waals surface area contributed by atoms with E-state index in [4.69, 9.17) is 0 Å². The van der Waals surface area contributed by atoms with Crippen molar-refractivity contribution in [2.24, 2.45) is 0 Å². The van der Waals surface area contributed by atoms with Gasteiger partial charge >= 0.3 is 0 Å². The van der Waals surface area contributed by atoms with Crippen molar-refractivity contribution in [1.29, 1.82) is 0 Å². The third-order valence-electron chi connectivity index (χ3n) is 3.59. The van der Waals surface area contributed by atoms with Gasteiger partial charge in [0.25, 0.3) is 0 Å². The summed E-state index contributed by atoms with van der Waals surface area (Å²) in [5.74, 6) is 1.65. The van der Waals surface area contributed by atoms with Gasteiger partial charge in [0.1, 0.15) is 5.69 Å². The Morgan fingerprint density at radius 3 is 2.83 bits per heavy atom. The van der Waals surface area contributed by atoms with E-state index in [1.807, 2.05) is 0 Å². The summed E-state index contributed by atoms with van der Waals surface area (Å²) in [4.78, 5) is 0. The average Bonchev–Trinajstić information content (AvgIpc) is 2.76. The second kappa shape index (κ2) is 5.06. The molecule has 0 amide bonds. The number of nitrogens with zero attached hydrogens (tertiary/aromatic N) is 2. The highest BCUT2D eigenvalue weighted by Crippen LogP contribution is 2.41. The first-order valence-corrected chi connectivity index (χ1v) is 7.29. The quantitative estimate of drug-likeness (QED) is 0.904. The van der Waals surface area contributed by atoms with E-state index in [2.05, 4.69) is 45.3 Å². The van der Waals surface area contributed by atoms with Crippen LogP contribution < -0.4 is 5.32 Å². The van der Waals surface area contributed by atoms with Crippen molar-refractivity contribution in [1.82, 2.24) is 8.75 Å². The lowest BCUT2D eigenvalue weighted by atomic mass is 9.78. The summed E-state index contributed by atoms with van der Waals surface area (Å²) >= 11 is 1.28. The van der Waals surface area contributed by atoms with Gasteiger partial charge in [-0.15, -0.1) is 0 Å². The van der Waals surface area contributed by atoms with Gasteiger partial charge in [0, 0.05) is 12.1 Å². The minimum absolute atomic E-state index is 0.720. The predicted molar refractivity (Wildman–Crippen MR) is 76.1 cm³/mol. The molecule has 18 heavy (non-hydrogen) atoms. The first-order chi connectivity index (χ1) is 8.90. The maximum absolute atomic E-state index is 4.47. The topological polar surface area (TPSA) is 37.8 Å². The van der Waals surface area contributed by atoms with Crippen molar-refractivity contribution in [3.63, 3.8) is 0 Å². The molecule has 0 atom stereocenters. The van der Waals surface area contributed by atoms with Gasteiger partial charge in [-0.1, -0.05) is 30.7 Å². The van der Waals surface area contributed by atoms with Gasteiger partial charge in [-0.25, -0.2) is 0 Å². The van der Waals surface area contributed by atoms with Crippen molar-refractivity contribution in [2.75, 3.05) is 11.9 Å². The minimum Gasteiger partial charge on any atom is -0.368 e. The van der Waals surface area contributed by atoms with Gasteiger partial charge in [-0.2, -0.15) is 8.75 Å². The molecule has 0 bridgehead atoms. The molecule has 3 nitrogen and oxygen atoms in total. The molecular formula is C14H17N3S. The van der Waals surface area contributed by atoms with Crippen molar-refractivity contribution < 1.29 is 0 Å². The van der Waals surface area contributed by atoms with Crippen LogP contribution in [0.4, 0.5) is 5.82 Å². The Morgan fingerprint density at radius 1 is 1.28 bits per heavy atom. The Balaban J connectivity index is 2.02. The zero-order chi connectivity index (χ0) is 12.4. The molecule has 0 aliphatic heterocycles. The van der Waals surface area contributed by atoms with Crippen LogP contribution in [0.3, 0.4) is 0 Å². The van der Waals surface area contributed by atoms with Crippen LogP contribution in [0.1, 0.15) is 37.7 Å². The molecule has 1 aromatic heterocycles. The fourth-order valence-corrected chi connectivity index (χ4v) is 2.98. The minimum atomic E-state index is 0.720. The van der Waals surface area contributed by atoms with E-state index in [1.165, 1.54) is 42.1 Å². The highest BCUT2D eigenvalue weighted by Gasteiger charge is 2.24. The fraction of sp³-hybridized carbons (Fsp3) is 0.429. The number of anilines is 1. The Hall–Kier alpha value is -1.42. The third-order valence-corrected chi connectivity index (χ3v) is 4.12. The molecule has 1 fully saturated rings. The summed E-state index contributed by atoms with van der Waals surface area (Å²) in [5.41, 5.74) is 3.71. The van der Waals surface area contributed by atoms with Crippen LogP contribution in [-0.4, -0.2) is 15.3 Å². The molecule has 2 aromatic rings. The van der Waals surface area contributed by atoms with E-state index < -0.39 is 0 Å². The van der Waals surface area contributed by atoms with E-state index in [-0.39, 0.29) is 0 Å². The lowest BCUT2D eigenvalue weighted by molar-refractivity contribution is 0.420. The SMILES string of the molecule is CCNc1nsnc1-c1ccccc1C1CCC1. The number of aromatic nitrogens is 2. The van der Waals surface area contributed by atoms with Gasteiger partial charge in [-0.3, -0.25) is 0 Å². The molecule has 4 heteroatoms. The van der Waals surface area contributed by atoms with Crippen molar-refractivity contribution in [2.45, 2.75) is 32.1 Å². The second-order valence-electron chi connectivity index (χ2n) is 4.71. The summed E-state index contributed by atoms with van der Waals surface area (Å²) in [7, 11) is 0. The molecule has 1 aromatic carbocycles. The van der Waals surface area contributed by atoms with Gasteiger partial charge < -0.3 is 5.32 Å². The largest absolute Gasteiger partial charge is 0.368 e. The molecule has 0 spiro atoms. The Kier molecular flexibility index (Phi) is 3.28. The van der Waals surface area contributed by atoms with Crippen molar-refractivity contribution in [3.8, 4) is 11.3 Å². The molecule has 0 saturated heterocycles. The zero-order valence-corrected chi connectivity index (χ0v) is 11.3. The highest BCUT2D eigenvalue weighted by molar-refractivity contribution is 6.99. The smallest absolute Gasteiger partial charge is 0.168 e. The monoisotopic (exact) mass is 259 g/mol. The molecule has 1 aliphatic carbocycles. The molecule has 1 heterocycles. The van der Waals surface area contributed by atoms with Crippen LogP contribution in [-0.2, 0) is 0 Å². The van der Waals surface area contributed by atoms with Crippen molar-refractivity contribution >= 4 is 17.5 Å². The van der Waals surface area contributed by atoms with Crippen LogP contribution in [0.5, 0.6) is 0 Å². The summed E-state index contributed by atoms with van der Waals surface area (Å²) in [6.07, 6.45) is 3.98. The highest BCUT2D eigenvalue weighted by atomic mass is 32.1. The molecule has 1 N–H and O–H groups in total. The maximum Gasteiger partial charge on any atom is 0.168 e. The molecule has 0 unspecified atom stereocenters. The molecular weight excluding hydrogens is 242 g/mol. The maximum atomic E-state index is 4.47. The first kappa shape index (κ1) is 11.7. The predicted octanol–water partition coefficient (Wildman–Crippen LogP) is 3.90. The van der Waals surface area contributed by atoms with Crippen molar-refractivity contribution in [3.05, 3.63) is 29.8 Å². The Bertz CT molecular complexity index is 531. The number of benzene rings is 1. The van der Waals surface area contributed by atoms with Crippen LogP contribution in [0.15, 0.2) is 24.3 Å². The van der Waals surface area contributed by atoms with Crippen LogP contribution in [0.2, 0.25) is 0 Å². The van der Waals surface area contributed by atoms with Gasteiger partial charge in [-0.05, 0) is 31.2 Å². The van der Waals surface area contributed by atoms with E-state index in [0.717, 1.165) is 24.0 Å². The number of hydrogen-bond acceptors (Lipinski definition) is 4. The van der Waals surface area contributed by atoms with Crippen LogP contribution >= 0.6 is 11.7 Å². The molecule has 0 radical (unpaired) electrons. The van der Waals surface area contributed by atoms with Gasteiger partial charge in [0.05, 0.1) is 11.7 Å². The first-order valence-electron chi connectivity index (χ1n) is 6.56. The standard InChI is InChI=1S/C14H17N3S/c1-2-15-14-13(16-18-17-14)12-9-4-3-8-11(12)10-6-5-7-10/h3-4,8-10H,2,5-7H2,1H3,(H,15,17). The van der Waals surface area contributed by atoms with Gasteiger partial charge in [0.15, 0.2) is 5.82 Å². The Labute approximate surface area is 112 Å². The number of nitrogens with one attached hydrogen (secondary N) is 1. The van der Waals surface area contributed by atoms with E-state index in [9.17, 15) is 0 Å². The van der Waals surface area contributed by atoms with Crippen LogP contribution in [0, 0.1) is 0 Å². The lowest BCUT2D eigenvalue weighted by Gasteiger charge is -2.27. The summed E-state index contributed by atoms with van der Waals surface area (Å²) in [6.45, 7) is 2.96. The molecule has 94 valence electrons. The second-order valence-corrected chi connectivity index (χ2v) is 5.24. The molecule has 1 saturated carbocycles. The summed E-state index contributed by atoms with van der Waals surface area (Å²) in [5, 5.41) is 3.29. The number of rotatable bonds is 4. The normalized spacial score (nSPS) is 15.4. The summed E-state index contributed by atoms with van der Waals surface area (Å²) in [6, 6.07) is 8.63. The average molecular weight is 259 g/mol. The molecule has 3 rings (SSSR count). The lowest BCUT2D eigenvalue weighted by Crippen LogP contribution is -2.10. The fourth-order valence-electron chi connectivity index (χ4n) is 2.44. The van der Waals surface area contributed by atoms with E-state index >= 15 is 0 Å². The number of hydrogen-bond donors (Lipinski definition) is 1. The summed E-state index contributed by atoms with van der Waals surface area (Å²) < 4.78 is 8.82. The van der Waals surface area contributed by atoms with E-state index in [0.29, 0.717) is 0 Å². The van der Waals surface area contributed by atoms with Gasteiger partial charge in [0.2, 0.25) is 0 Å². The Morgan fingerprint density at radius 2 is 2.11 bits per heavy atom. The molecule has 1 aliphatic rings. The van der Waals surface area contributed by atoms with E-state index in [1.54, 1.807) is 0 Å². The third kappa shape index (κ3) is 2.01.